The number of aromatic nitrogens is 1. The second-order valence-corrected chi connectivity index (χ2v) is 5.29. The summed E-state index contributed by atoms with van der Waals surface area (Å²) in [7, 11) is 0. The molecule has 0 radical (unpaired) electrons. The van der Waals surface area contributed by atoms with Crippen molar-refractivity contribution in [3.63, 3.8) is 0 Å². The standard InChI is InChI=1S/C14H12BrF3N2O/c15-11-5-12(14(16,17)18)13(20-7-11)19-6-9-2-1-3-10(4-9)8-21/h1-5,7,21H,6,8H2,(H,19,20). The maximum absolute atomic E-state index is 12.9. The third-order valence-corrected chi connectivity index (χ3v) is 3.23. The second kappa shape index (κ2) is 6.44. The average Bonchev–Trinajstić information content (AvgIpc) is 2.45. The molecule has 0 amide bonds. The lowest BCUT2D eigenvalue weighted by Crippen LogP contribution is -2.12. The van der Waals surface area contributed by atoms with E-state index in [0.717, 1.165) is 11.6 Å². The molecule has 1 heterocycles. The van der Waals surface area contributed by atoms with E-state index in [2.05, 4.69) is 26.2 Å². The Hall–Kier alpha value is -1.60. The first-order chi connectivity index (χ1) is 9.90. The molecule has 0 aliphatic rings. The molecule has 0 saturated heterocycles. The Balaban J connectivity index is 2.20. The van der Waals surface area contributed by atoms with Gasteiger partial charge in [0.2, 0.25) is 0 Å². The number of nitrogens with zero attached hydrogens (tertiary/aromatic N) is 1. The fourth-order valence-electron chi connectivity index (χ4n) is 1.82. The summed E-state index contributed by atoms with van der Waals surface area (Å²) in [4.78, 5) is 3.77. The Morgan fingerprint density at radius 2 is 1.90 bits per heavy atom. The van der Waals surface area contributed by atoms with Gasteiger partial charge in [-0.05, 0) is 33.1 Å². The Morgan fingerprint density at radius 1 is 1.19 bits per heavy atom. The van der Waals surface area contributed by atoms with E-state index in [9.17, 15) is 13.2 Å². The number of hydrogen-bond acceptors (Lipinski definition) is 3. The van der Waals surface area contributed by atoms with Crippen LogP contribution in [0, 0.1) is 0 Å². The van der Waals surface area contributed by atoms with Gasteiger partial charge < -0.3 is 10.4 Å². The molecule has 3 nitrogen and oxygen atoms in total. The topological polar surface area (TPSA) is 45.1 Å². The molecule has 0 atom stereocenters. The molecule has 0 bridgehead atoms. The number of halogens is 4. The van der Waals surface area contributed by atoms with Gasteiger partial charge in [-0.2, -0.15) is 13.2 Å². The van der Waals surface area contributed by atoms with Gasteiger partial charge in [0.15, 0.2) is 0 Å². The second-order valence-electron chi connectivity index (χ2n) is 4.38. The summed E-state index contributed by atoms with van der Waals surface area (Å²) in [5, 5.41) is 11.7. The van der Waals surface area contributed by atoms with Crippen molar-refractivity contribution in [2.24, 2.45) is 0 Å². The van der Waals surface area contributed by atoms with Crippen molar-refractivity contribution in [2.45, 2.75) is 19.3 Å². The van der Waals surface area contributed by atoms with E-state index in [1.807, 2.05) is 0 Å². The van der Waals surface area contributed by atoms with Crippen LogP contribution < -0.4 is 5.32 Å². The molecule has 21 heavy (non-hydrogen) atoms. The quantitative estimate of drug-likeness (QED) is 0.867. The highest BCUT2D eigenvalue weighted by atomic mass is 79.9. The van der Waals surface area contributed by atoms with Crippen molar-refractivity contribution in [3.8, 4) is 0 Å². The maximum Gasteiger partial charge on any atom is 0.419 e. The highest BCUT2D eigenvalue weighted by Gasteiger charge is 2.34. The molecule has 7 heteroatoms. The van der Waals surface area contributed by atoms with E-state index in [1.165, 1.54) is 6.20 Å². The monoisotopic (exact) mass is 360 g/mol. The van der Waals surface area contributed by atoms with Gasteiger partial charge in [-0.15, -0.1) is 0 Å². The van der Waals surface area contributed by atoms with Crippen molar-refractivity contribution in [1.29, 1.82) is 0 Å². The summed E-state index contributed by atoms with van der Waals surface area (Å²) in [5.74, 6) is -0.222. The Labute approximate surface area is 128 Å². The average molecular weight is 361 g/mol. The smallest absolute Gasteiger partial charge is 0.392 e. The SMILES string of the molecule is OCc1cccc(CNc2ncc(Br)cc2C(F)(F)F)c1. The van der Waals surface area contributed by atoms with Crippen molar-refractivity contribution in [2.75, 3.05) is 5.32 Å². The largest absolute Gasteiger partial charge is 0.419 e. The fraction of sp³-hybridized carbons (Fsp3) is 0.214. The lowest BCUT2D eigenvalue weighted by Gasteiger charge is -2.14. The molecule has 0 saturated carbocycles. The zero-order valence-corrected chi connectivity index (χ0v) is 12.4. The summed E-state index contributed by atoms with van der Waals surface area (Å²) in [6.45, 7) is 0.0731. The summed E-state index contributed by atoms with van der Waals surface area (Å²) >= 11 is 2.99. The number of aliphatic hydroxyl groups is 1. The summed E-state index contributed by atoms with van der Waals surface area (Å²) < 4.78 is 39.1. The van der Waals surface area contributed by atoms with Crippen LogP contribution in [0.25, 0.3) is 0 Å². The number of alkyl halides is 3. The predicted octanol–water partition coefficient (Wildman–Crippen LogP) is 3.97. The van der Waals surface area contributed by atoms with Gasteiger partial charge in [0.25, 0.3) is 0 Å². The van der Waals surface area contributed by atoms with E-state index in [1.54, 1.807) is 24.3 Å². The molecule has 0 unspecified atom stereocenters. The molecule has 1 aromatic carbocycles. The van der Waals surface area contributed by atoms with E-state index in [-0.39, 0.29) is 23.4 Å². The molecule has 0 fully saturated rings. The summed E-state index contributed by atoms with van der Waals surface area (Å²) in [6.07, 6.45) is -3.17. The fourth-order valence-corrected chi connectivity index (χ4v) is 2.15. The number of pyridine rings is 1. The van der Waals surface area contributed by atoms with Crippen LogP contribution >= 0.6 is 15.9 Å². The van der Waals surface area contributed by atoms with E-state index >= 15 is 0 Å². The third-order valence-electron chi connectivity index (χ3n) is 2.79. The molecule has 0 spiro atoms. The molecule has 1 aromatic heterocycles. The lowest BCUT2D eigenvalue weighted by atomic mass is 10.1. The van der Waals surface area contributed by atoms with Crippen molar-refractivity contribution in [3.05, 3.63) is 57.7 Å². The number of anilines is 1. The molecule has 2 aromatic rings. The van der Waals surface area contributed by atoms with Crippen LogP contribution in [0.3, 0.4) is 0 Å². The van der Waals surface area contributed by atoms with Crippen LogP contribution in [-0.4, -0.2) is 10.1 Å². The molecule has 0 aliphatic carbocycles. The molecular formula is C14H12BrF3N2O. The van der Waals surface area contributed by atoms with Gasteiger partial charge in [-0.1, -0.05) is 24.3 Å². The van der Waals surface area contributed by atoms with Crippen LogP contribution in [0.15, 0.2) is 41.0 Å². The van der Waals surface area contributed by atoms with Gasteiger partial charge in [0.1, 0.15) is 5.82 Å². The van der Waals surface area contributed by atoms with Crippen LogP contribution in [-0.2, 0) is 19.3 Å². The Morgan fingerprint density at radius 3 is 2.57 bits per heavy atom. The first-order valence-electron chi connectivity index (χ1n) is 6.05. The van der Waals surface area contributed by atoms with Crippen LogP contribution in [0.4, 0.5) is 19.0 Å². The zero-order valence-electron chi connectivity index (χ0n) is 10.8. The zero-order chi connectivity index (χ0) is 15.5. The van der Waals surface area contributed by atoms with Gasteiger partial charge in [0.05, 0.1) is 12.2 Å². The molecule has 2 N–H and O–H groups in total. The molecule has 2 rings (SSSR count). The first-order valence-corrected chi connectivity index (χ1v) is 6.85. The van der Waals surface area contributed by atoms with Crippen LogP contribution in [0.2, 0.25) is 0 Å². The van der Waals surface area contributed by atoms with E-state index < -0.39 is 11.7 Å². The van der Waals surface area contributed by atoms with Gasteiger partial charge >= 0.3 is 6.18 Å². The van der Waals surface area contributed by atoms with Crippen molar-refractivity contribution < 1.29 is 18.3 Å². The summed E-state index contributed by atoms with van der Waals surface area (Å²) in [5.41, 5.74) is 0.642. The number of rotatable bonds is 4. The van der Waals surface area contributed by atoms with Crippen molar-refractivity contribution >= 4 is 21.7 Å². The maximum atomic E-state index is 12.9. The number of hydrogen-bond donors (Lipinski definition) is 2. The van der Waals surface area contributed by atoms with E-state index in [0.29, 0.717) is 5.56 Å². The normalized spacial score (nSPS) is 11.5. The minimum atomic E-state index is -4.48. The van der Waals surface area contributed by atoms with E-state index in [4.69, 9.17) is 5.11 Å². The van der Waals surface area contributed by atoms with Gasteiger partial charge in [-0.25, -0.2) is 4.98 Å². The lowest BCUT2D eigenvalue weighted by molar-refractivity contribution is -0.137. The highest BCUT2D eigenvalue weighted by molar-refractivity contribution is 9.10. The number of benzene rings is 1. The van der Waals surface area contributed by atoms with Gasteiger partial charge in [0, 0.05) is 17.2 Å². The van der Waals surface area contributed by atoms with Crippen LogP contribution in [0.1, 0.15) is 16.7 Å². The summed E-state index contributed by atoms with van der Waals surface area (Å²) in [6, 6.07) is 7.95. The van der Waals surface area contributed by atoms with Crippen molar-refractivity contribution in [1.82, 2.24) is 4.98 Å². The minimum absolute atomic E-state index is 0.113. The minimum Gasteiger partial charge on any atom is -0.392 e. The molecule has 0 aliphatic heterocycles. The highest BCUT2D eigenvalue weighted by Crippen LogP contribution is 2.35. The Kier molecular flexibility index (Phi) is 4.84. The first kappa shape index (κ1) is 15.8. The molecular weight excluding hydrogens is 349 g/mol. The number of aliphatic hydroxyl groups excluding tert-OH is 1. The van der Waals surface area contributed by atoms with Crippen LogP contribution in [0.5, 0.6) is 0 Å². The van der Waals surface area contributed by atoms with Gasteiger partial charge in [-0.3, -0.25) is 0 Å². The molecule has 112 valence electrons. The Bertz CT molecular complexity index is 632. The third kappa shape index (κ3) is 4.18. The number of nitrogens with one attached hydrogen (secondary N) is 1. The predicted molar refractivity (Wildman–Crippen MR) is 76.6 cm³/mol.